The molecule has 0 spiro atoms. The molecular formula is C11H14N2O3S. The van der Waals surface area contributed by atoms with Gasteiger partial charge >= 0.3 is 0 Å². The van der Waals surface area contributed by atoms with Crippen LogP contribution in [0.2, 0.25) is 0 Å². The maximum atomic E-state index is 11.9. The van der Waals surface area contributed by atoms with Gasteiger partial charge < -0.3 is 5.11 Å². The Morgan fingerprint density at radius 1 is 1.35 bits per heavy atom. The first-order valence-electron chi connectivity index (χ1n) is 5.30. The highest BCUT2D eigenvalue weighted by Gasteiger charge is 2.29. The number of sulfonamides is 1. The fourth-order valence-electron chi connectivity index (χ4n) is 1.69. The minimum Gasteiger partial charge on any atom is -0.372 e. The summed E-state index contributed by atoms with van der Waals surface area (Å²) in [6, 6.07) is 6.43. The van der Waals surface area contributed by atoms with Crippen LogP contribution in [0, 0.1) is 5.92 Å². The van der Waals surface area contributed by atoms with Crippen molar-refractivity contribution in [1.82, 2.24) is 4.72 Å². The van der Waals surface area contributed by atoms with Crippen LogP contribution in [-0.4, -0.2) is 25.5 Å². The van der Waals surface area contributed by atoms with Gasteiger partial charge in [0.25, 0.3) is 0 Å². The van der Waals surface area contributed by atoms with Crippen LogP contribution in [0.4, 0.5) is 5.69 Å². The maximum absolute atomic E-state index is 11.9. The molecule has 0 amide bonds. The summed E-state index contributed by atoms with van der Waals surface area (Å²) >= 11 is 0. The first-order chi connectivity index (χ1) is 7.92. The van der Waals surface area contributed by atoms with Crippen molar-refractivity contribution in [3.8, 4) is 0 Å². The highest BCUT2D eigenvalue weighted by atomic mass is 32.2. The van der Waals surface area contributed by atoms with Crippen LogP contribution in [0.3, 0.4) is 0 Å². The van der Waals surface area contributed by atoms with Crippen molar-refractivity contribution in [3.05, 3.63) is 24.3 Å². The van der Waals surface area contributed by atoms with E-state index in [-0.39, 0.29) is 10.8 Å². The fraction of sp³-hybridized carbons (Fsp3) is 0.364. The van der Waals surface area contributed by atoms with Crippen molar-refractivity contribution < 1.29 is 13.5 Å². The lowest BCUT2D eigenvalue weighted by atomic mass is 10.1. The maximum Gasteiger partial charge on any atom is 0.245 e. The predicted molar refractivity (Wildman–Crippen MR) is 64.7 cm³/mol. The van der Waals surface area contributed by atoms with Gasteiger partial charge in [-0.15, -0.1) is 0 Å². The van der Waals surface area contributed by atoms with E-state index >= 15 is 0 Å². The second kappa shape index (κ2) is 4.21. The van der Waals surface area contributed by atoms with Crippen LogP contribution in [0.25, 0.3) is 0 Å². The smallest absolute Gasteiger partial charge is 0.245 e. The topological polar surface area (TPSA) is 78.8 Å². The van der Waals surface area contributed by atoms with Crippen molar-refractivity contribution in [2.75, 3.05) is 0 Å². The minimum atomic E-state index is -3.71. The van der Waals surface area contributed by atoms with Gasteiger partial charge in [-0.25, -0.2) is 8.42 Å². The highest BCUT2D eigenvalue weighted by Crippen LogP contribution is 2.27. The second-order valence-electron chi connectivity index (χ2n) is 4.18. The Hall–Kier alpha value is -1.24. The van der Waals surface area contributed by atoms with Gasteiger partial charge in [0.2, 0.25) is 10.0 Å². The quantitative estimate of drug-likeness (QED) is 0.785. The largest absolute Gasteiger partial charge is 0.372 e. The molecule has 1 atom stereocenters. The number of nitrogens with zero attached hydrogens (tertiary/aromatic N) is 1. The molecular weight excluding hydrogens is 240 g/mol. The summed E-state index contributed by atoms with van der Waals surface area (Å²) in [5.41, 5.74) is 0.777. The SMILES string of the molecule is CC(C)C1=Nc2ccccc2S(=O)(=O)NC1O. The van der Waals surface area contributed by atoms with E-state index in [1.807, 2.05) is 13.8 Å². The van der Waals surface area contributed by atoms with Crippen LogP contribution in [0.1, 0.15) is 13.8 Å². The lowest BCUT2D eigenvalue weighted by Crippen LogP contribution is -2.41. The molecule has 6 heteroatoms. The lowest BCUT2D eigenvalue weighted by Gasteiger charge is -2.14. The molecule has 1 aromatic rings. The number of hydrogen-bond donors (Lipinski definition) is 2. The summed E-state index contributed by atoms with van der Waals surface area (Å²) in [5.74, 6) is -0.0427. The zero-order valence-corrected chi connectivity index (χ0v) is 10.4. The number of rotatable bonds is 1. The van der Waals surface area contributed by atoms with Crippen molar-refractivity contribution in [2.45, 2.75) is 25.0 Å². The van der Waals surface area contributed by atoms with E-state index in [1.165, 1.54) is 6.07 Å². The number of fused-ring (bicyclic) bond motifs is 1. The van der Waals surface area contributed by atoms with Crippen LogP contribution < -0.4 is 4.72 Å². The first-order valence-corrected chi connectivity index (χ1v) is 6.78. The molecule has 1 heterocycles. The molecule has 0 radical (unpaired) electrons. The van der Waals surface area contributed by atoms with Gasteiger partial charge in [0.05, 0.1) is 11.4 Å². The Morgan fingerprint density at radius 3 is 2.65 bits per heavy atom. The lowest BCUT2D eigenvalue weighted by molar-refractivity contribution is 0.226. The Bertz CT molecular complexity index is 564. The third-order valence-electron chi connectivity index (χ3n) is 2.54. The number of para-hydroxylation sites is 1. The van der Waals surface area contributed by atoms with E-state index in [2.05, 4.69) is 9.71 Å². The van der Waals surface area contributed by atoms with Crippen LogP contribution in [0.15, 0.2) is 34.2 Å². The van der Waals surface area contributed by atoms with Gasteiger partial charge in [0.15, 0.2) is 6.23 Å². The molecule has 5 nitrogen and oxygen atoms in total. The molecule has 1 aliphatic rings. The first kappa shape index (κ1) is 12.2. The Balaban J connectivity index is 2.66. The molecule has 0 bridgehead atoms. The van der Waals surface area contributed by atoms with E-state index < -0.39 is 16.3 Å². The van der Waals surface area contributed by atoms with E-state index in [0.29, 0.717) is 11.4 Å². The Morgan fingerprint density at radius 2 is 2.00 bits per heavy atom. The summed E-state index contributed by atoms with van der Waals surface area (Å²) < 4.78 is 26.1. The Labute approximate surface area is 100 Å². The summed E-state index contributed by atoms with van der Waals surface area (Å²) in [6.07, 6.45) is -1.27. The molecule has 0 fully saturated rings. The number of aliphatic hydroxyl groups is 1. The molecule has 92 valence electrons. The molecule has 2 N–H and O–H groups in total. The normalized spacial score (nSPS) is 22.8. The second-order valence-corrected chi connectivity index (χ2v) is 5.87. The third kappa shape index (κ3) is 2.24. The van der Waals surface area contributed by atoms with E-state index in [1.54, 1.807) is 18.2 Å². The summed E-state index contributed by atoms with van der Waals surface area (Å²) in [5, 5.41) is 9.81. The van der Waals surface area contributed by atoms with Gasteiger partial charge in [0.1, 0.15) is 4.90 Å². The average Bonchev–Trinajstić information content (AvgIpc) is 2.34. The van der Waals surface area contributed by atoms with Gasteiger partial charge in [-0.05, 0) is 18.1 Å². The van der Waals surface area contributed by atoms with Crippen LogP contribution in [-0.2, 0) is 10.0 Å². The van der Waals surface area contributed by atoms with Gasteiger partial charge in [-0.3, -0.25) is 4.99 Å². The van der Waals surface area contributed by atoms with Crippen molar-refractivity contribution in [2.24, 2.45) is 10.9 Å². The number of aliphatic imine (C=N–C) groups is 1. The van der Waals surface area contributed by atoms with Crippen molar-refractivity contribution in [1.29, 1.82) is 0 Å². The van der Waals surface area contributed by atoms with E-state index in [0.717, 1.165) is 0 Å². The molecule has 0 saturated heterocycles. The molecule has 0 aliphatic carbocycles. The van der Waals surface area contributed by atoms with E-state index in [9.17, 15) is 13.5 Å². The third-order valence-corrected chi connectivity index (χ3v) is 4.00. The zero-order chi connectivity index (χ0) is 12.6. The van der Waals surface area contributed by atoms with Crippen LogP contribution >= 0.6 is 0 Å². The molecule has 1 aromatic carbocycles. The van der Waals surface area contributed by atoms with Crippen LogP contribution in [0.5, 0.6) is 0 Å². The molecule has 0 aromatic heterocycles. The summed E-state index contributed by atoms with van der Waals surface area (Å²) in [7, 11) is -3.71. The molecule has 0 saturated carbocycles. The van der Waals surface area contributed by atoms with E-state index in [4.69, 9.17) is 0 Å². The highest BCUT2D eigenvalue weighted by molar-refractivity contribution is 7.89. The van der Waals surface area contributed by atoms with Crippen molar-refractivity contribution in [3.63, 3.8) is 0 Å². The van der Waals surface area contributed by atoms with Gasteiger partial charge in [0, 0.05) is 0 Å². The summed E-state index contributed by atoms with van der Waals surface area (Å²) in [4.78, 5) is 4.33. The average molecular weight is 254 g/mol. The molecule has 17 heavy (non-hydrogen) atoms. The number of hydrogen-bond acceptors (Lipinski definition) is 4. The number of benzene rings is 1. The molecule has 2 rings (SSSR count). The Kier molecular flexibility index (Phi) is 3.03. The minimum absolute atomic E-state index is 0.0427. The van der Waals surface area contributed by atoms with Gasteiger partial charge in [-0.1, -0.05) is 26.0 Å². The zero-order valence-electron chi connectivity index (χ0n) is 9.58. The number of aliphatic hydroxyl groups excluding tert-OH is 1. The standard InChI is InChI=1S/C11H14N2O3S/c1-7(2)10-11(14)13-17(15,16)9-6-4-3-5-8(9)12-10/h3-7,11,13-14H,1-2H3. The summed E-state index contributed by atoms with van der Waals surface area (Å²) in [6.45, 7) is 3.70. The van der Waals surface area contributed by atoms with Gasteiger partial charge in [-0.2, -0.15) is 4.72 Å². The number of nitrogens with one attached hydrogen (secondary N) is 1. The predicted octanol–water partition coefficient (Wildman–Crippen LogP) is 1.03. The van der Waals surface area contributed by atoms with Crippen molar-refractivity contribution >= 4 is 21.4 Å². The molecule has 1 aliphatic heterocycles. The fourth-order valence-corrected chi connectivity index (χ4v) is 2.88. The molecule has 1 unspecified atom stereocenters. The monoisotopic (exact) mass is 254 g/mol.